The molecule has 0 bridgehead atoms. The van der Waals surface area contributed by atoms with Crippen LogP contribution in [0.15, 0.2) is 0 Å². The lowest BCUT2D eigenvalue weighted by atomic mass is 9.95. The van der Waals surface area contributed by atoms with E-state index in [4.69, 9.17) is 5.11 Å². The summed E-state index contributed by atoms with van der Waals surface area (Å²) in [6.45, 7) is 3.03. The molecule has 1 rings (SSSR count). The molecule has 0 aromatic rings. The van der Waals surface area contributed by atoms with Gasteiger partial charge in [-0.3, -0.25) is 4.79 Å². The number of ether oxygens (including phenoxy) is 1. The summed E-state index contributed by atoms with van der Waals surface area (Å²) in [4.78, 5) is 11.7. The summed E-state index contributed by atoms with van der Waals surface area (Å²) >= 11 is 0. The Bertz CT molecular complexity index is 446. The van der Waals surface area contributed by atoms with Crippen LogP contribution in [0.1, 0.15) is 65.2 Å². The van der Waals surface area contributed by atoms with E-state index in [1.807, 2.05) is 0 Å². The zero-order chi connectivity index (χ0) is 20.2. The highest BCUT2D eigenvalue weighted by molar-refractivity contribution is 5.69. The maximum Gasteiger partial charge on any atom is 0.426 e. The van der Waals surface area contributed by atoms with Gasteiger partial charge in [0.25, 0.3) is 5.60 Å². The van der Waals surface area contributed by atoms with E-state index in [0.29, 0.717) is 18.3 Å². The summed E-state index contributed by atoms with van der Waals surface area (Å²) in [6, 6.07) is 0. The van der Waals surface area contributed by atoms with Gasteiger partial charge < -0.3 is 9.84 Å². The summed E-state index contributed by atoms with van der Waals surface area (Å²) in [7, 11) is 0. The van der Waals surface area contributed by atoms with E-state index in [9.17, 15) is 31.1 Å². The van der Waals surface area contributed by atoms with Crippen LogP contribution in [0.25, 0.3) is 0 Å². The Morgan fingerprint density at radius 3 is 2.12 bits per heavy atom. The zero-order valence-electron chi connectivity index (χ0n) is 14.9. The molecule has 1 N–H and O–H groups in total. The van der Waals surface area contributed by atoms with Crippen molar-refractivity contribution in [3.63, 3.8) is 0 Å². The molecule has 1 saturated carbocycles. The van der Waals surface area contributed by atoms with Gasteiger partial charge in [-0.2, -0.15) is 26.3 Å². The molecular weight excluding hydrogens is 366 g/mol. The highest BCUT2D eigenvalue weighted by Crippen LogP contribution is 2.46. The SMILES string of the molecule is CCC1CCC(CCCC(=O)OC(C)CC(O)(C(F)(F)F)C(F)(F)F)C1. The van der Waals surface area contributed by atoms with Gasteiger partial charge in [0.15, 0.2) is 0 Å². The minimum absolute atomic E-state index is 0.0614. The highest BCUT2D eigenvalue weighted by Gasteiger charge is 2.70. The maximum absolute atomic E-state index is 12.6. The molecule has 0 spiro atoms. The summed E-state index contributed by atoms with van der Waals surface area (Å²) in [5, 5.41) is 9.09. The monoisotopic (exact) mass is 392 g/mol. The minimum atomic E-state index is -5.91. The second-order valence-electron chi connectivity index (χ2n) is 7.21. The van der Waals surface area contributed by atoms with E-state index in [2.05, 4.69) is 11.7 Å². The largest absolute Gasteiger partial charge is 0.463 e. The number of alkyl halides is 6. The Kier molecular flexibility index (Phi) is 7.80. The Morgan fingerprint density at radius 1 is 1.12 bits per heavy atom. The molecule has 0 radical (unpaired) electrons. The first kappa shape index (κ1) is 23.0. The van der Waals surface area contributed by atoms with Crippen molar-refractivity contribution in [2.75, 3.05) is 0 Å². The number of carbonyl (C=O) groups is 1. The van der Waals surface area contributed by atoms with Gasteiger partial charge in [0.1, 0.15) is 6.10 Å². The standard InChI is InChI=1S/C17H26F6O3/c1-3-12-7-8-13(9-12)5-4-6-14(24)26-11(2)10-15(25,16(18,19)20)17(21,22)23/h11-13,25H,3-10H2,1-2H3. The molecular formula is C17H26F6O3. The molecule has 154 valence electrons. The number of hydrogen-bond acceptors (Lipinski definition) is 3. The van der Waals surface area contributed by atoms with E-state index >= 15 is 0 Å². The van der Waals surface area contributed by atoms with Crippen molar-refractivity contribution in [2.45, 2.75) is 89.3 Å². The van der Waals surface area contributed by atoms with Crippen LogP contribution >= 0.6 is 0 Å². The van der Waals surface area contributed by atoms with E-state index in [1.165, 1.54) is 0 Å². The van der Waals surface area contributed by atoms with Gasteiger partial charge in [0.05, 0.1) is 0 Å². The molecule has 0 aromatic carbocycles. The van der Waals surface area contributed by atoms with Crippen LogP contribution in [0.5, 0.6) is 0 Å². The molecule has 9 heteroatoms. The van der Waals surface area contributed by atoms with E-state index in [0.717, 1.165) is 39.0 Å². The third-order valence-corrected chi connectivity index (χ3v) is 5.07. The quantitative estimate of drug-likeness (QED) is 0.458. The minimum Gasteiger partial charge on any atom is -0.463 e. The fourth-order valence-electron chi connectivity index (χ4n) is 3.48. The fourth-order valence-corrected chi connectivity index (χ4v) is 3.48. The predicted octanol–water partition coefficient (Wildman–Crippen LogP) is 5.16. The van der Waals surface area contributed by atoms with Crippen molar-refractivity contribution >= 4 is 5.97 Å². The molecule has 1 aliphatic carbocycles. The van der Waals surface area contributed by atoms with Gasteiger partial charge in [0.2, 0.25) is 0 Å². The molecule has 1 aliphatic rings. The smallest absolute Gasteiger partial charge is 0.426 e. The fraction of sp³-hybridized carbons (Fsp3) is 0.941. The molecule has 0 saturated heterocycles. The van der Waals surface area contributed by atoms with Gasteiger partial charge in [0, 0.05) is 12.8 Å². The Labute approximate surface area is 149 Å². The van der Waals surface area contributed by atoms with Crippen molar-refractivity contribution in [1.29, 1.82) is 0 Å². The first-order valence-corrected chi connectivity index (χ1v) is 8.85. The predicted molar refractivity (Wildman–Crippen MR) is 82.2 cm³/mol. The van der Waals surface area contributed by atoms with Crippen molar-refractivity contribution in [3.05, 3.63) is 0 Å². The average molecular weight is 392 g/mol. The summed E-state index contributed by atoms with van der Waals surface area (Å²) in [5.41, 5.74) is -4.90. The lowest BCUT2D eigenvalue weighted by Gasteiger charge is -2.33. The van der Waals surface area contributed by atoms with Crippen LogP contribution < -0.4 is 0 Å². The molecule has 0 aromatic heterocycles. The van der Waals surface area contributed by atoms with Gasteiger partial charge in [-0.15, -0.1) is 0 Å². The molecule has 3 unspecified atom stereocenters. The summed E-state index contributed by atoms with van der Waals surface area (Å²) < 4.78 is 80.4. The second kappa shape index (κ2) is 8.80. The Morgan fingerprint density at radius 2 is 1.65 bits per heavy atom. The first-order chi connectivity index (χ1) is 11.8. The van der Waals surface area contributed by atoms with Gasteiger partial charge in [-0.05, 0) is 38.0 Å². The molecule has 0 aliphatic heterocycles. The van der Waals surface area contributed by atoms with E-state index < -0.39 is 36.4 Å². The lowest BCUT2D eigenvalue weighted by molar-refractivity contribution is -0.373. The number of hydrogen-bond donors (Lipinski definition) is 1. The number of halogens is 6. The normalized spacial score (nSPS) is 23.1. The van der Waals surface area contributed by atoms with Crippen molar-refractivity contribution in [3.8, 4) is 0 Å². The summed E-state index contributed by atoms with van der Waals surface area (Å²) in [5.74, 6) is 0.342. The van der Waals surface area contributed by atoms with Crippen LogP contribution in [0.4, 0.5) is 26.3 Å². The number of carbonyl (C=O) groups excluding carboxylic acids is 1. The van der Waals surface area contributed by atoms with Crippen molar-refractivity contribution in [2.24, 2.45) is 11.8 Å². The Hall–Kier alpha value is -0.990. The third-order valence-electron chi connectivity index (χ3n) is 5.07. The van der Waals surface area contributed by atoms with Gasteiger partial charge in [-0.1, -0.05) is 26.2 Å². The van der Waals surface area contributed by atoms with Crippen molar-refractivity contribution in [1.82, 2.24) is 0 Å². The highest BCUT2D eigenvalue weighted by atomic mass is 19.4. The van der Waals surface area contributed by atoms with Gasteiger partial charge >= 0.3 is 18.3 Å². The lowest BCUT2D eigenvalue weighted by Crippen LogP contribution is -2.58. The van der Waals surface area contributed by atoms with Crippen molar-refractivity contribution < 1.29 is 41.0 Å². The van der Waals surface area contributed by atoms with Crippen LogP contribution in [0.2, 0.25) is 0 Å². The zero-order valence-corrected chi connectivity index (χ0v) is 14.9. The molecule has 1 fully saturated rings. The topological polar surface area (TPSA) is 46.5 Å². The molecule has 3 atom stereocenters. The molecule has 3 nitrogen and oxygen atoms in total. The summed E-state index contributed by atoms with van der Waals surface area (Å²) in [6.07, 6.45) is -9.69. The number of aliphatic hydroxyl groups is 1. The Balaban J connectivity index is 2.44. The van der Waals surface area contributed by atoms with Crippen LogP contribution in [-0.4, -0.2) is 35.1 Å². The van der Waals surface area contributed by atoms with Crippen LogP contribution in [0.3, 0.4) is 0 Å². The number of rotatable bonds is 8. The van der Waals surface area contributed by atoms with E-state index in [-0.39, 0.29) is 6.42 Å². The van der Waals surface area contributed by atoms with Crippen LogP contribution in [-0.2, 0) is 9.53 Å². The molecule has 0 amide bonds. The first-order valence-electron chi connectivity index (χ1n) is 8.85. The van der Waals surface area contributed by atoms with E-state index in [1.54, 1.807) is 0 Å². The number of esters is 1. The second-order valence-corrected chi connectivity index (χ2v) is 7.21. The third kappa shape index (κ3) is 6.03. The van der Waals surface area contributed by atoms with Crippen LogP contribution in [0, 0.1) is 11.8 Å². The maximum atomic E-state index is 12.6. The molecule has 26 heavy (non-hydrogen) atoms. The average Bonchev–Trinajstić information content (AvgIpc) is 2.92. The van der Waals surface area contributed by atoms with Gasteiger partial charge in [-0.25, -0.2) is 0 Å². The molecule has 0 heterocycles.